The smallest absolute Gasteiger partial charge is 0.487 e. The molecule has 1 fully saturated rings. The van der Waals surface area contributed by atoms with Crippen molar-refractivity contribution in [3.8, 4) is 11.5 Å². The molecule has 12 heteroatoms. The number of halogens is 5. The molecule has 1 N–H and O–H groups in total. The van der Waals surface area contributed by atoms with E-state index in [1.54, 1.807) is 0 Å². The van der Waals surface area contributed by atoms with Gasteiger partial charge in [-0.1, -0.05) is 11.6 Å². The average Bonchev–Trinajstić information content (AvgIpc) is 3.23. The van der Waals surface area contributed by atoms with E-state index >= 15 is 0 Å². The number of aromatic nitrogens is 2. The number of nitrogens with one attached hydrogen (secondary N) is 1. The van der Waals surface area contributed by atoms with Gasteiger partial charge in [0, 0.05) is 24.2 Å². The number of carbonyl (C=O) groups excluding carboxylic acids is 1. The number of alkyl halides is 3. The zero-order valence-corrected chi connectivity index (χ0v) is 16.8. The van der Waals surface area contributed by atoms with Crippen LogP contribution in [0, 0.1) is 5.82 Å². The van der Waals surface area contributed by atoms with Gasteiger partial charge in [-0.15, -0.1) is 0 Å². The first-order valence-electron chi connectivity index (χ1n) is 9.25. The number of esters is 1. The van der Waals surface area contributed by atoms with Crippen LogP contribution in [0.15, 0.2) is 36.7 Å². The van der Waals surface area contributed by atoms with Gasteiger partial charge in [-0.2, -0.15) is 13.2 Å². The van der Waals surface area contributed by atoms with Crippen molar-refractivity contribution in [2.24, 2.45) is 0 Å². The van der Waals surface area contributed by atoms with Crippen molar-refractivity contribution in [3.63, 3.8) is 0 Å². The minimum absolute atomic E-state index is 0.0827. The fourth-order valence-electron chi connectivity index (χ4n) is 3.04. The molecule has 1 atom stereocenters. The highest BCUT2D eigenvalue weighted by atomic mass is 35.5. The number of fused-ring (bicyclic) bond motifs is 1. The Morgan fingerprint density at radius 2 is 2.03 bits per heavy atom. The molecule has 168 valence electrons. The van der Waals surface area contributed by atoms with E-state index in [2.05, 4.69) is 20.0 Å². The van der Waals surface area contributed by atoms with Gasteiger partial charge >= 0.3 is 12.1 Å². The van der Waals surface area contributed by atoms with E-state index in [9.17, 15) is 22.4 Å². The number of rotatable bonds is 5. The summed E-state index contributed by atoms with van der Waals surface area (Å²) in [6.45, 7) is 0.735. The second-order valence-electron chi connectivity index (χ2n) is 6.78. The van der Waals surface area contributed by atoms with Crippen LogP contribution in [-0.4, -0.2) is 41.4 Å². The van der Waals surface area contributed by atoms with E-state index < -0.39 is 23.7 Å². The summed E-state index contributed by atoms with van der Waals surface area (Å²) in [6, 6.07) is 6.24. The Labute approximate surface area is 183 Å². The molecule has 1 saturated heterocycles. The van der Waals surface area contributed by atoms with Crippen LogP contribution in [0.25, 0.3) is 10.9 Å². The van der Waals surface area contributed by atoms with Gasteiger partial charge in [-0.25, -0.2) is 19.2 Å². The zero-order chi connectivity index (χ0) is 22.9. The Hall–Kier alpha value is -3.18. The van der Waals surface area contributed by atoms with Gasteiger partial charge in [0.25, 0.3) is 0 Å². The molecule has 2 aromatic carbocycles. The first kappa shape index (κ1) is 22.0. The molecule has 1 aliphatic rings. The van der Waals surface area contributed by atoms with Gasteiger partial charge in [0.15, 0.2) is 0 Å². The van der Waals surface area contributed by atoms with E-state index in [-0.39, 0.29) is 34.8 Å². The summed E-state index contributed by atoms with van der Waals surface area (Å²) in [6.07, 6.45) is -3.83. The summed E-state index contributed by atoms with van der Waals surface area (Å²) in [5.41, 5.74) is 0.552. The molecule has 1 unspecified atom stereocenters. The van der Waals surface area contributed by atoms with Crippen molar-refractivity contribution in [3.05, 3.63) is 47.5 Å². The van der Waals surface area contributed by atoms with E-state index in [0.29, 0.717) is 24.1 Å². The van der Waals surface area contributed by atoms with Crippen LogP contribution in [0.5, 0.6) is 11.5 Å². The Morgan fingerprint density at radius 1 is 1.22 bits per heavy atom. The number of ether oxygens (including phenoxy) is 3. The molecule has 1 aromatic heterocycles. The highest BCUT2D eigenvalue weighted by molar-refractivity contribution is 6.31. The van der Waals surface area contributed by atoms with E-state index in [0.717, 1.165) is 24.5 Å². The lowest BCUT2D eigenvalue weighted by Crippen LogP contribution is -2.28. The summed E-state index contributed by atoms with van der Waals surface area (Å²) >= 11 is 5.82. The lowest BCUT2D eigenvalue weighted by Gasteiger charge is -2.17. The normalized spacial score (nSPS) is 16.2. The molecule has 32 heavy (non-hydrogen) atoms. The summed E-state index contributed by atoms with van der Waals surface area (Å²) in [5, 5.41) is 3.16. The maximum absolute atomic E-state index is 13.5. The number of nitrogens with zero attached hydrogens (tertiary/aromatic N) is 2. The topological polar surface area (TPSA) is 82.6 Å². The quantitative estimate of drug-likeness (QED) is 0.325. The minimum atomic E-state index is -5.17. The van der Waals surface area contributed by atoms with Gasteiger partial charge < -0.3 is 19.5 Å². The molecule has 0 aliphatic carbocycles. The lowest BCUT2D eigenvalue weighted by atomic mass is 10.2. The van der Waals surface area contributed by atoms with E-state index in [1.165, 1.54) is 12.1 Å². The summed E-state index contributed by atoms with van der Waals surface area (Å²) < 4.78 is 67.1. The van der Waals surface area contributed by atoms with Gasteiger partial charge in [0.2, 0.25) is 0 Å². The fraction of sp³-hybridized carbons (Fsp3) is 0.250. The average molecular weight is 472 g/mol. The molecule has 0 spiro atoms. The third kappa shape index (κ3) is 4.83. The number of hydrogen-bond acceptors (Lipinski definition) is 7. The van der Waals surface area contributed by atoms with E-state index in [1.807, 2.05) is 0 Å². The maximum atomic E-state index is 13.5. The summed E-state index contributed by atoms with van der Waals surface area (Å²) in [5.74, 6) is -3.07. The van der Waals surface area contributed by atoms with Crippen molar-refractivity contribution in [2.45, 2.75) is 18.7 Å². The standard InChI is InChI=1S/C20H14ClF4N3O4/c21-13-5-10(1-2-14(13)22)28-18-17-15(26-9-27-18)6-12(32-19(29)20(23,24)25)7-16(17)31-11-3-4-30-8-11/h1-2,5-7,9,11H,3-4,8H2,(H,26,27,28). The third-order valence-electron chi connectivity index (χ3n) is 4.48. The molecule has 7 nitrogen and oxygen atoms in total. The summed E-state index contributed by atoms with van der Waals surface area (Å²) in [7, 11) is 0. The number of hydrogen-bond donors (Lipinski definition) is 1. The van der Waals surface area contributed by atoms with Gasteiger partial charge in [-0.3, -0.25) is 0 Å². The predicted molar refractivity (Wildman–Crippen MR) is 106 cm³/mol. The fourth-order valence-corrected chi connectivity index (χ4v) is 3.22. The predicted octanol–water partition coefficient (Wildman–Crippen LogP) is 4.80. The Morgan fingerprint density at radius 3 is 2.72 bits per heavy atom. The van der Waals surface area contributed by atoms with Crippen LogP contribution >= 0.6 is 11.6 Å². The van der Waals surface area contributed by atoms with Gasteiger partial charge in [-0.05, 0) is 18.2 Å². The van der Waals surface area contributed by atoms with Crippen molar-refractivity contribution in [1.29, 1.82) is 0 Å². The third-order valence-corrected chi connectivity index (χ3v) is 4.77. The van der Waals surface area contributed by atoms with Crippen LogP contribution < -0.4 is 14.8 Å². The van der Waals surface area contributed by atoms with Crippen LogP contribution in [0.4, 0.5) is 29.1 Å². The molecule has 0 saturated carbocycles. The van der Waals surface area contributed by atoms with Crippen molar-refractivity contribution >= 4 is 40.0 Å². The van der Waals surface area contributed by atoms with Crippen LogP contribution in [-0.2, 0) is 9.53 Å². The van der Waals surface area contributed by atoms with Crippen molar-refractivity contribution < 1.29 is 36.6 Å². The van der Waals surface area contributed by atoms with Gasteiger partial charge in [0.05, 0.1) is 29.1 Å². The number of benzene rings is 2. The highest BCUT2D eigenvalue weighted by Gasteiger charge is 2.41. The molecular weight excluding hydrogens is 458 g/mol. The second-order valence-corrected chi connectivity index (χ2v) is 7.19. The van der Waals surface area contributed by atoms with Crippen molar-refractivity contribution in [2.75, 3.05) is 18.5 Å². The SMILES string of the molecule is O=C(Oc1cc(OC2CCOC2)c2c(Nc3ccc(F)c(Cl)c3)ncnc2c1)C(F)(F)F. The highest BCUT2D eigenvalue weighted by Crippen LogP contribution is 2.37. The first-order valence-corrected chi connectivity index (χ1v) is 9.63. The number of anilines is 2. The monoisotopic (exact) mass is 471 g/mol. The Kier molecular flexibility index (Phi) is 6.02. The van der Waals surface area contributed by atoms with Crippen LogP contribution in [0.2, 0.25) is 5.02 Å². The molecule has 0 bridgehead atoms. The molecule has 1 aliphatic heterocycles. The Bertz CT molecular complexity index is 1170. The first-order chi connectivity index (χ1) is 15.2. The Balaban J connectivity index is 1.77. The van der Waals surface area contributed by atoms with Crippen molar-refractivity contribution in [1.82, 2.24) is 9.97 Å². The lowest BCUT2D eigenvalue weighted by molar-refractivity contribution is -0.189. The van der Waals surface area contributed by atoms with Crippen LogP contribution in [0.3, 0.4) is 0 Å². The number of carbonyl (C=O) groups is 1. The molecule has 3 aromatic rings. The second kappa shape index (κ2) is 8.75. The summed E-state index contributed by atoms with van der Waals surface area (Å²) in [4.78, 5) is 19.5. The molecule has 0 amide bonds. The van der Waals surface area contributed by atoms with E-state index in [4.69, 9.17) is 21.1 Å². The minimum Gasteiger partial charge on any atom is -0.487 e. The molecular formula is C20H14ClF4N3O4. The molecule has 2 heterocycles. The maximum Gasteiger partial charge on any atom is 0.491 e. The molecule has 0 radical (unpaired) electrons. The zero-order valence-electron chi connectivity index (χ0n) is 16.1. The molecule has 4 rings (SSSR count). The largest absolute Gasteiger partial charge is 0.491 e. The van der Waals surface area contributed by atoms with Crippen LogP contribution in [0.1, 0.15) is 6.42 Å². The van der Waals surface area contributed by atoms with Gasteiger partial charge in [0.1, 0.15) is 35.6 Å².